The van der Waals surface area contributed by atoms with E-state index in [0.29, 0.717) is 12.1 Å². The lowest BCUT2D eigenvalue weighted by Crippen LogP contribution is -2.48. The van der Waals surface area contributed by atoms with Crippen LogP contribution in [0.5, 0.6) is 0 Å². The molecule has 2 aliphatic heterocycles. The molecule has 1 aromatic rings. The molecule has 2 fully saturated rings. The number of benzene rings is 1. The van der Waals surface area contributed by atoms with E-state index in [4.69, 9.17) is 0 Å². The Labute approximate surface area is 145 Å². The fraction of sp³-hybridized carbons (Fsp3) is 0.632. The topological polar surface area (TPSA) is 38.8 Å². The van der Waals surface area contributed by atoms with Crippen molar-refractivity contribution in [3.8, 4) is 0 Å². The second kappa shape index (κ2) is 7.53. The molecule has 5 nitrogen and oxygen atoms in total. The van der Waals surface area contributed by atoms with E-state index in [1.54, 1.807) is 0 Å². The summed E-state index contributed by atoms with van der Waals surface area (Å²) in [6.45, 7) is 10.7. The van der Waals surface area contributed by atoms with Crippen LogP contribution in [0.3, 0.4) is 0 Å². The molecule has 2 saturated heterocycles. The van der Waals surface area contributed by atoms with Gasteiger partial charge in [0.05, 0.1) is 0 Å². The maximum atomic E-state index is 12.6. The lowest BCUT2D eigenvalue weighted by molar-refractivity contribution is 0.0744. The van der Waals surface area contributed by atoms with Crippen LogP contribution in [0.15, 0.2) is 24.3 Å². The number of carbonyl (C=O) groups excluding carboxylic acids is 1. The maximum absolute atomic E-state index is 12.6. The Morgan fingerprint density at radius 3 is 2.38 bits per heavy atom. The predicted molar refractivity (Wildman–Crippen MR) is 98.7 cm³/mol. The molecule has 2 aliphatic rings. The molecule has 0 saturated carbocycles. The van der Waals surface area contributed by atoms with Gasteiger partial charge in [0, 0.05) is 63.1 Å². The average Bonchev–Trinajstić information content (AvgIpc) is 3.15. The Kier molecular flexibility index (Phi) is 5.41. The highest BCUT2D eigenvalue weighted by Gasteiger charge is 2.24. The van der Waals surface area contributed by atoms with Crippen LogP contribution in [0.4, 0.5) is 5.69 Å². The van der Waals surface area contributed by atoms with Gasteiger partial charge in [0.25, 0.3) is 5.91 Å². The normalized spacial score (nSPS) is 22.2. The summed E-state index contributed by atoms with van der Waals surface area (Å²) in [5.74, 6) is 0.125. The van der Waals surface area contributed by atoms with Crippen molar-refractivity contribution in [2.24, 2.45) is 0 Å². The molecule has 1 amide bonds. The number of carbonyl (C=O) groups is 1. The summed E-state index contributed by atoms with van der Waals surface area (Å²) >= 11 is 0. The zero-order valence-electron chi connectivity index (χ0n) is 15.2. The number of anilines is 1. The summed E-state index contributed by atoms with van der Waals surface area (Å²) in [6, 6.07) is 9.09. The Balaban J connectivity index is 1.60. The molecule has 1 atom stereocenters. The number of likely N-dealkylation sites (N-methyl/N-ethyl adjacent to an activating group) is 1. The third-order valence-corrected chi connectivity index (χ3v) is 5.43. The van der Waals surface area contributed by atoms with E-state index >= 15 is 0 Å². The van der Waals surface area contributed by atoms with Gasteiger partial charge in [-0.1, -0.05) is 0 Å². The van der Waals surface area contributed by atoms with Crippen LogP contribution < -0.4 is 10.2 Å². The van der Waals surface area contributed by atoms with Gasteiger partial charge in [0.15, 0.2) is 0 Å². The maximum Gasteiger partial charge on any atom is 0.253 e. The summed E-state index contributed by atoms with van der Waals surface area (Å²) in [5.41, 5.74) is 2.01. The molecule has 0 spiro atoms. The van der Waals surface area contributed by atoms with Crippen molar-refractivity contribution < 1.29 is 4.79 Å². The molecule has 5 heteroatoms. The van der Waals surface area contributed by atoms with Gasteiger partial charge < -0.3 is 15.1 Å². The van der Waals surface area contributed by atoms with Crippen LogP contribution in [0.1, 0.15) is 30.6 Å². The fourth-order valence-electron chi connectivity index (χ4n) is 3.65. The van der Waals surface area contributed by atoms with Crippen LogP contribution in [-0.2, 0) is 0 Å². The van der Waals surface area contributed by atoms with E-state index in [2.05, 4.69) is 41.1 Å². The van der Waals surface area contributed by atoms with Crippen molar-refractivity contribution in [3.05, 3.63) is 29.8 Å². The van der Waals surface area contributed by atoms with Crippen molar-refractivity contribution in [1.29, 1.82) is 0 Å². The minimum absolute atomic E-state index is 0.125. The minimum atomic E-state index is 0.125. The van der Waals surface area contributed by atoms with Crippen molar-refractivity contribution in [3.63, 3.8) is 0 Å². The number of nitrogens with one attached hydrogen (secondary N) is 1. The Bertz CT molecular complexity index is 543. The van der Waals surface area contributed by atoms with Gasteiger partial charge in [-0.15, -0.1) is 0 Å². The van der Waals surface area contributed by atoms with Crippen LogP contribution in [0, 0.1) is 0 Å². The molecular formula is C19H30N4O. The van der Waals surface area contributed by atoms with Crippen LogP contribution in [-0.4, -0.2) is 74.1 Å². The van der Waals surface area contributed by atoms with Crippen molar-refractivity contribution >= 4 is 11.6 Å². The standard InChI is InChI=1S/C19H30N4O/c1-15(2)22-10-12-23(13-11-22)17-6-4-16(5-7-17)19(24)21(3)18-8-9-20-14-18/h4-7,15,18,20H,8-14H2,1-3H3. The summed E-state index contributed by atoms with van der Waals surface area (Å²) < 4.78 is 0. The number of hydrogen-bond acceptors (Lipinski definition) is 4. The smallest absolute Gasteiger partial charge is 0.253 e. The third kappa shape index (κ3) is 3.73. The zero-order valence-corrected chi connectivity index (χ0v) is 15.2. The van der Waals surface area contributed by atoms with Gasteiger partial charge >= 0.3 is 0 Å². The number of piperazine rings is 1. The van der Waals surface area contributed by atoms with E-state index in [1.165, 1.54) is 5.69 Å². The molecule has 3 rings (SSSR count). The molecule has 0 radical (unpaired) electrons. The fourth-order valence-corrected chi connectivity index (χ4v) is 3.65. The zero-order chi connectivity index (χ0) is 17.1. The van der Waals surface area contributed by atoms with Gasteiger partial charge in [-0.25, -0.2) is 0 Å². The minimum Gasteiger partial charge on any atom is -0.369 e. The number of rotatable bonds is 4. The van der Waals surface area contributed by atoms with Crippen molar-refractivity contribution in [1.82, 2.24) is 15.1 Å². The first-order chi connectivity index (χ1) is 11.6. The Morgan fingerprint density at radius 2 is 1.83 bits per heavy atom. The second-order valence-electron chi connectivity index (χ2n) is 7.23. The monoisotopic (exact) mass is 330 g/mol. The molecule has 1 aromatic carbocycles. The Morgan fingerprint density at radius 1 is 1.17 bits per heavy atom. The van der Waals surface area contributed by atoms with E-state index < -0.39 is 0 Å². The molecular weight excluding hydrogens is 300 g/mol. The summed E-state index contributed by atoms with van der Waals surface area (Å²) in [4.78, 5) is 19.4. The van der Waals surface area contributed by atoms with Crippen molar-refractivity contribution in [2.45, 2.75) is 32.4 Å². The second-order valence-corrected chi connectivity index (χ2v) is 7.23. The van der Waals surface area contributed by atoms with E-state index in [1.807, 2.05) is 24.1 Å². The van der Waals surface area contributed by atoms with E-state index in [9.17, 15) is 4.79 Å². The highest BCUT2D eigenvalue weighted by Crippen LogP contribution is 2.19. The molecule has 1 N–H and O–H groups in total. The molecule has 0 bridgehead atoms. The summed E-state index contributed by atoms with van der Waals surface area (Å²) in [6.07, 6.45) is 1.04. The third-order valence-electron chi connectivity index (χ3n) is 5.43. The quantitative estimate of drug-likeness (QED) is 0.911. The molecule has 0 aliphatic carbocycles. The van der Waals surface area contributed by atoms with Crippen LogP contribution >= 0.6 is 0 Å². The van der Waals surface area contributed by atoms with Crippen LogP contribution in [0.2, 0.25) is 0 Å². The number of amides is 1. The molecule has 1 unspecified atom stereocenters. The van der Waals surface area contributed by atoms with E-state index in [0.717, 1.165) is 51.3 Å². The highest BCUT2D eigenvalue weighted by molar-refractivity contribution is 5.94. The molecule has 132 valence electrons. The van der Waals surface area contributed by atoms with Crippen LogP contribution in [0.25, 0.3) is 0 Å². The average molecular weight is 330 g/mol. The first kappa shape index (κ1) is 17.2. The largest absolute Gasteiger partial charge is 0.369 e. The van der Waals surface area contributed by atoms with Gasteiger partial charge in [-0.3, -0.25) is 9.69 Å². The SMILES string of the molecule is CC(C)N1CCN(c2ccc(C(=O)N(C)C3CCNC3)cc2)CC1. The first-order valence-electron chi connectivity index (χ1n) is 9.13. The Hall–Kier alpha value is -1.59. The number of nitrogens with zero attached hydrogens (tertiary/aromatic N) is 3. The van der Waals surface area contributed by atoms with Gasteiger partial charge in [-0.05, 0) is 51.1 Å². The lowest BCUT2D eigenvalue weighted by atomic mass is 10.1. The van der Waals surface area contributed by atoms with E-state index in [-0.39, 0.29) is 5.91 Å². The predicted octanol–water partition coefficient (Wildman–Crippen LogP) is 1.65. The number of hydrogen-bond donors (Lipinski definition) is 1. The first-order valence-corrected chi connectivity index (χ1v) is 9.13. The summed E-state index contributed by atoms with van der Waals surface area (Å²) in [5, 5.41) is 3.32. The molecule has 2 heterocycles. The van der Waals surface area contributed by atoms with Crippen molar-refractivity contribution in [2.75, 3.05) is 51.2 Å². The van der Waals surface area contributed by atoms with Gasteiger partial charge in [0.1, 0.15) is 0 Å². The lowest BCUT2D eigenvalue weighted by Gasteiger charge is -2.38. The highest BCUT2D eigenvalue weighted by atomic mass is 16.2. The molecule has 0 aromatic heterocycles. The van der Waals surface area contributed by atoms with Gasteiger partial charge in [0.2, 0.25) is 0 Å². The summed E-state index contributed by atoms with van der Waals surface area (Å²) in [7, 11) is 1.92. The van der Waals surface area contributed by atoms with Gasteiger partial charge in [-0.2, -0.15) is 0 Å². The molecule has 24 heavy (non-hydrogen) atoms.